The molecule has 172 valence electrons. The fourth-order valence-electron chi connectivity index (χ4n) is 2.79. The van der Waals surface area contributed by atoms with Crippen molar-refractivity contribution in [2.75, 3.05) is 25.2 Å². The summed E-state index contributed by atoms with van der Waals surface area (Å²) >= 11 is 0. The lowest BCUT2D eigenvalue weighted by Gasteiger charge is -2.29. The van der Waals surface area contributed by atoms with E-state index in [9.17, 15) is 22.4 Å². The molecule has 0 bridgehead atoms. The Balaban J connectivity index is 2.17. The smallest absolute Gasteiger partial charge is 0.417 e. The zero-order chi connectivity index (χ0) is 23.9. The van der Waals surface area contributed by atoms with Crippen molar-refractivity contribution in [3.05, 3.63) is 60.2 Å². The second kappa shape index (κ2) is 10.7. The fraction of sp³-hybridized carbons (Fsp3) is 0.333. The van der Waals surface area contributed by atoms with Gasteiger partial charge in [0.2, 0.25) is 5.88 Å². The number of pyridine rings is 2. The SMILES string of the molecule is C=C/C=N\N(C)c1ncc(F)cc1C(=O)N(CC)C(C)COc1ccc(C(F)(F)F)cn1. The Bertz CT molecular complexity index is 964. The normalized spacial score (nSPS) is 12.5. The summed E-state index contributed by atoms with van der Waals surface area (Å²) in [6.45, 7) is 7.17. The van der Waals surface area contributed by atoms with Crippen molar-refractivity contribution < 1.29 is 27.1 Å². The molecule has 0 spiro atoms. The van der Waals surface area contributed by atoms with Gasteiger partial charge in [0.25, 0.3) is 5.91 Å². The van der Waals surface area contributed by atoms with Gasteiger partial charge in [-0.25, -0.2) is 14.4 Å². The number of hydrogen-bond donors (Lipinski definition) is 0. The molecule has 32 heavy (non-hydrogen) atoms. The number of halogens is 4. The first-order chi connectivity index (χ1) is 15.1. The first kappa shape index (κ1) is 24.8. The molecule has 2 rings (SSSR count). The van der Waals surface area contributed by atoms with Crippen molar-refractivity contribution in [1.29, 1.82) is 0 Å². The number of aromatic nitrogens is 2. The monoisotopic (exact) mass is 453 g/mol. The Morgan fingerprint density at radius 1 is 1.31 bits per heavy atom. The van der Waals surface area contributed by atoms with E-state index >= 15 is 0 Å². The number of nitrogens with zero attached hydrogens (tertiary/aromatic N) is 5. The molecule has 0 aliphatic carbocycles. The fourth-order valence-corrected chi connectivity index (χ4v) is 2.79. The van der Waals surface area contributed by atoms with E-state index in [1.165, 1.54) is 22.2 Å². The van der Waals surface area contributed by atoms with Crippen molar-refractivity contribution in [3.63, 3.8) is 0 Å². The maximum atomic E-state index is 13.9. The number of ether oxygens (including phenoxy) is 1. The van der Waals surface area contributed by atoms with E-state index < -0.39 is 29.5 Å². The molecule has 7 nitrogen and oxygen atoms in total. The van der Waals surface area contributed by atoms with Crippen LogP contribution in [0.25, 0.3) is 0 Å². The molecule has 0 saturated heterocycles. The predicted octanol–water partition coefficient (Wildman–Crippen LogP) is 4.17. The largest absolute Gasteiger partial charge is 0.475 e. The topological polar surface area (TPSA) is 70.9 Å². The minimum absolute atomic E-state index is 0.00457. The summed E-state index contributed by atoms with van der Waals surface area (Å²) < 4.78 is 57.3. The standard InChI is InChI=1S/C21H23F4N5O2/c1-5-9-28-29(4)19-17(10-16(22)12-27-19)20(31)30(6-2)14(3)13-32-18-8-7-15(11-26-18)21(23,24)25/h5,7-12,14H,1,6,13H2,2-4H3/b28-9-. The molecule has 0 aliphatic rings. The van der Waals surface area contributed by atoms with Gasteiger partial charge in [-0.1, -0.05) is 6.58 Å². The van der Waals surface area contributed by atoms with Gasteiger partial charge in [-0.15, -0.1) is 0 Å². The third-order valence-corrected chi connectivity index (χ3v) is 4.39. The van der Waals surface area contributed by atoms with Gasteiger partial charge >= 0.3 is 6.18 Å². The van der Waals surface area contributed by atoms with E-state index in [0.717, 1.165) is 24.4 Å². The first-order valence-electron chi connectivity index (χ1n) is 9.59. The van der Waals surface area contributed by atoms with Crippen LogP contribution < -0.4 is 9.75 Å². The molecule has 0 N–H and O–H groups in total. The highest BCUT2D eigenvalue weighted by atomic mass is 19.4. The number of likely N-dealkylation sites (N-methyl/N-ethyl adjacent to an activating group) is 1. The number of carbonyl (C=O) groups excluding carboxylic acids is 1. The second-order valence-corrected chi connectivity index (χ2v) is 6.68. The molecule has 0 aliphatic heterocycles. The zero-order valence-electron chi connectivity index (χ0n) is 17.8. The molecule has 11 heteroatoms. The lowest BCUT2D eigenvalue weighted by Crippen LogP contribution is -2.42. The third kappa shape index (κ3) is 6.25. The van der Waals surface area contributed by atoms with Crippen molar-refractivity contribution in [1.82, 2.24) is 14.9 Å². The van der Waals surface area contributed by atoms with Gasteiger partial charge in [0.05, 0.1) is 23.4 Å². The van der Waals surface area contributed by atoms with Gasteiger partial charge in [-0.3, -0.25) is 9.80 Å². The minimum Gasteiger partial charge on any atom is -0.475 e. The van der Waals surface area contributed by atoms with E-state index in [4.69, 9.17) is 4.74 Å². The quantitative estimate of drug-likeness (QED) is 0.324. The van der Waals surface area contributed by atoms with Crippen LogP contribution in [0.3, 0.4) is 0 Å². The number of rotatable bonds is 9. The molecule has 1 atom stereocenters. The summed E-state index contributed by atoms with van der Waals surface area (Å²) in [5.41, 5.74) is -0.896. The molecule has 0 fully saturated rings. The second-order valence-electron chi connectivity index (χ2n) is 6.68. The molecule has 0 saturated carbocycles. The molecule has 0 aromatic carbocycles. The highest BCUT2D eigenvalue weighted by molar-refractivity contribution is 5.99. The molecule has 2 heterocycles. The molecule has 2 aromatic rings. The van der Waals surface area contributed by atoms with Gasteiger partial charge in [0.1, 0.15) is 12.4 Å². The van der Waals surface area contributed by atoms with E-state index in [1.807, 2.05) is 0 Å². The molecule has 1 amide bonds. The van der Waals surface area contributed by atoms with Crippen LogP contribution in [0.4, 0.5) is 23.4 Å². The number of amides is 1. The van der Waals surface area contributed by atoms with Crippen molar-refractivity contribution >= 4 is 17.9 Å². The highest BCUT2D eigenvalue weighted by Gasteiger charge is 2.31. The van der Waals surface area contributed by atoms with Crippen LogP contribution in [-0.4, -0.2) is 53.2 Å². The predicted molar refractivity (Wildman–Crippen MR) is 112 cm³/mol. The summed E-state index contributed by atoms with van der Waals surface area (Å²) in [7, 11) is 1.55. The van der Waals surface area contributed by atoms with E-state index in [2.05, 4.69) is 21.6 Å². The van der Waals surface area contributed by atoms with Crippen LogP contribution in [0.15, 0.2) is 48.3 Å². The number of hydrogen-bond acceptors (Lipinski definition) is 6. The lowest BCUT2D eigenvalue weighted by molar-refractivity contribution is -0.137. The lowest BCUT2D eigenvalue weighted by atomic mass is 10.2. The third-order valence-electron chi connectivity index (χ3n) is 4.39. The van der Waals surface area contributed by atoms with Gasteiger partial charge in [-0.05, 0) is 32.1 Å². The Hall–Kier alpha value is -3.50. The van der Waals surface area contributed by atoms with E-state index in [0.29, 0.717) is 6.20 Å². The van der Waals surface area contributed by atoms with Gasteiger partial charge < -0.3 is 9.64 Å². The van der Waals surface area contributed by atoms with Crippen LogP contribution in [-0.2, 0) is 6.18 Å². The van der Waals surface area contributed by atoms with Crippen LogP contribution in [0, 0.1) is 5.82 Å². The molecule has 0 radical (unpaired) electrons. The van der Waals surface area contributed by atoms with Crippen LogP contribution in [0.2, 0.25) is 0 Å². The number of alkyl halides is 3. The van der Waals surface area contributed by atoms with Gasteiger partial charge in [-0.2, -0.15) is 18.3 Å². The Morgan fingerprint density at radius 3 is 2.59 bits per heavy atom. The van der Waals surface area contributed by atoms with Crippen LogP contribution in [0.1, 0.15) is 29.8 Å². The van der Waals surface area contributed by atoms with Crippen LogP contribution >= 0.6 is 0 Å². The summed E-state index contributed by atoms with van der Waals surface area (Å²) in [4.78, 5) is 22.2. The number of carbonyl (C=O) groups is 1. The summed E-state index contributed by atoms with van der Waals surface area (Å²) in [5.74, 6) is -1.07. The van der Waals surface area contributed by atoms with Gasteiger partial charge in [0.15, 0.2) is 5.82 Å². The van der Waals surface area contributed by atoms with Crippen molar-refractivity contribution in [2.45, 2.75) is 26.1 Å². The Labute approximate surface area is 183 Å². The molecule has 1 unspecified atom stereocenters. The number of allylic oxidation sites excluding steroid dienone is 1. The maximum absolute atomic E-state index is 13.9. The maximum Gasteiger partial charge on any atom is 0.417 e. The zero-order valence-corrected chi connectivity index (χ0v) is 17.8. The average molecular weight is 453 g/mol. The van der Waals surface area contributed by atoms with E-state index in [1.54, 1.807) is 20.9 Å². The average Bonchev–Trinajstić information content (AvgIpc) is 2.76. The van der Waals surface area contributed by atoms with Gasteiger partial charge in [0, 0.05) is 32.1 Å². The van der Waals surface area contributed by atoms with Crippen molar-refractivity contribution in [2.24, 2.45) is 5.10 Å². The molecular weight excluding hydrogens is 430 g/mol. The minimum atomic E-state index is -4.50. The summed E-state index contributed by atoms with van der Waals surface area (Å²) in [5, 5.41) is 5.35. The highest BCUT2D eigenvalue weighted by Crippen LogP contribution is 2.29. The first-order valence-corrected chi connectivity index (χ1v) is 9.59. The molecule has 2 aromatic heterocycles. The van der Waals surface area contributed by atoms with Crippen molar-refractivity contribution in [3.8, 4) is 5.88 Å². The Kier molecular flexibility index (Phi) is 8.27. The van der Waals surface area contributed by atoms with E-state index in [-0.39, 0.29) is 30.4 Å². The Morgan fingerprint density at radius 2 is 2.03 bits per heavy atom. The number of hydrazone groups is 1. The molecular formula is C21H23F4N5O2. The number of anilines is 1. The summed E-state index contributed by atoms with van der Waals surface area (Å²) in [6, 6.07) is 2.53. The summed E-state index contributed by atoms with van der Waals surface area (Å²) in [6.07, 6.45) is -0.0129. The van der Waals surface area contributed by atoms with Crippen LogP contribution in [0.5, 0.6) is 5.88 Å².